The topological polar surface area (TPSA) is 49.9 Å². The van der Waals surface area contributed by atoms with Crippen LogP contribution in [0.4, 0.5) is 0 Å². The predicted molar refractivity (Wildman–Crippen MR) is 43.5 cm³/mol. The molecule has 0 unspecified atom stereocenters. The third-order valence-electron chi connectivity index (χ3n) is 2.30. The summed E-state index contributed by atoms with van der Waals surface area (Å²) in [4.78, 5) is 22.6. The summed E-state index contributed by atoms with van der Waals surface area (Å²) in [5.74, 6) is -0.154. The van der Waals surface area contributed by atoms with Crippen LogP contribution in [-0.2, 0) is 14.3 Å². The molecular formula is C8H12N2O3. The molecule has 13 heavy (non-hydrogen) atoms. The highest BCUT2D eigenvalue weighted by atomic mass is 16.5. The first-order valence-electron chi connectivity index (χ1n) is 4.47. The van der Waals surface area contributed by atoms with Crippen LogP contribution >= 0.6 is 0 Å². The van der Waals surface area contributed by atoms with Gasteiger partial charge in [0.25, 0.3) is 0 Å². The normalized spacial score (nSPS) is 25.7. The lowest BCUT2D eigenvalue weighted by molar-refractivity contribution is -0.163. The number of carbonyl (C=O) groups is 2. The first-order chi connectivity index (χ1) is 6.29. The van der Waals surface area contributed by atoms with Crippen molar-refractivity contribution < 1.29 is 14.3 Å². The molecule has 0 N–H and O–H groups in total. The van der Waals surface area contributed by atoms with Gasteiger partial charge in [-0.05, 0) is 0 Å². The molecule has 0 bridgehead atoms. The highest BCUT2D eigenvalue weighted by molar-refractivity contribution is 6.01. The molecule has 2 saturated heterocycles. The van der Waals surface area contributed by atoms with Gasteiger partial charge in [-0.1, -0.05) is 0 Å². The van der Waals surface area contributed by atoms with Crippen molar-refractivity contribution in [2.24, 2.45) is 0 Å². The summed E-state index contributed by atoms with van der Waals surface area (Å²) < 4.78 is 5.14. The number of hydrazine groups is 1. The number of imide groups is 1. The average Bonchev–Trinajstić information content (AvgIpc) is 2.48. The lowest BCUT2D eigenvalue weighted by atomic mass is 10.4. The molecule has 5 heteroatoms. The minimum Gasteiger partial charge on any atom is -0.379 e. The Labute approximate surface area is 76.2 Å². The van der Waals surface area contributed by atoms with E-state index in [1.165, 1.54) is 5.01 Å². The van der Waals surface area contributed by atoms with Crippen LogP contribution in [-0.4, -0.2) is 48.1 Å². The number of nitrogens with zero attached hydrogens (tertiary/aromatic N) is 2. The zero-order valence-corrected chi connectivity index (χ0v) is 7.36. The Hall–Kier alpha value is -0.940. The van der Waals surface area contributed by atoms with Gasteiger partial charge in [0.2, 0.25) is 11.8 Å². The third-order valence-corrected chi connectivity index (χ3v) is 2.30. The third kappa shape index (κ3) is 1.57. The monoisotopic (exact) mass is 184 g/mol. The Balaban J connectivity index is 2.05. The lowest BCUT2D eigenvalue weighted by Gasteiger charge is -2.32. The number of amides is 2. The van der Waals surface area contributed by atoms with Crippen molar-refractivity contribution in [3.8, 4) is 0 Å². The molecule has 0 aromatic rings. The van der Waals surface area contributed by atoms with E-state index in [-0.39, 0.29) is 11.8 Å². The molecule has 0 aromatic heterocycles. The smallest absolute Gasteiger partial charge is 0.244 e. The molecule has 0 aromatic carbocycles. The first-order valence-corrected chi connectivity index (χ1v) is 4.47. The van der Waals surface area contributed by atoms with Gasteiger partial charge in [-0.2, -0.15) is 0 Å². The molecule has 0 saturated carbocycles. The molecule has 0 atom stereocenters. The Morgan fingerprint density at radius 3 is 2.08 bits per heavy atom. The van der Waals surface area contributed by atoms with E-state index < -0.39 is 0 Å². The van der Waals surface area contributed by atoms with E-state index >= 15 is 0 Å². The van der Waals surface area contributed by atoms with Gasteiger partial charge in [-0.25, -0.2) is 10.0 Å². The number of rotatable bonds is 1. The van der Waals surface area contributed by atoms with E-state index in [1.54, 1.807) is 5.01 Å². The second-order valence-corrected chi connectivity index (χ2v) is 3.17. The summed E-state index contributed by atoms with van der Waals surface area (Å²) in [6, 6.07) is 0. The SMILES string of the molecule is O=C1CCC(=O)N1N1CCOCC1. The minimum absolute atomic E-state index is 0.0769. The highest BCUT2D eigenvalue weighted by Crippen LogP contribution is 2.15. The predicted octanol–water partition coefficient (Wildman–Crippen LogP) is -0.617. The van der Waals surface area contributed by atoms with Crippen molar-refractivity contribution in [2.45, 2.75) is 12.8 Å². The number of morpholine rings is 1. The van der Waals surface area contributed by atoms with Crippen LogP contribution in [0.1, 0.15) is 12.8 Å². The van der Waals surface area contributed by atoms with Gasteiger partial charge in [0.05, 0.1) is 13.2 Å². The Kier molecular flexibility index (Phi) is 2.28. The molecule has 72 valence electrons. The van der Waals surface area contributed by atoms with Crippen molar-refractivity contribution in [3.63, 3.8) is 0 Å². The maximum atomic E-state index is 11.3. The minimum atomic E-state index is -0.0769. The standard InChI is InChI=1S/C8H12N2O3/c11-7-1-2-8(12)10(7)9-3-5-13-6-4-9/h1-6H2. The van der Waals surface area contributed by atoms with Gasteiger partial charge in [0.15, 0.2) is 0 Å². The van der Waals surface area contributed by atoms with Crippen molar-refractivity contribution >= 4 is 11.8 Å². The Morgan fingerprint density at radius 1 is 1.00 bits per heavy atom. The average molecular weight is 184 g/mol. The Bertz CT molecular complexity index is 220. The quantitative estimate of drug-likeness (QED) is 0.510. The maximum absolute atomic E-state index is 11.3. The van der Waals surface area contributed by atoms with E-state index in [4.69, 9.17) is 4.74 Å². The molecule has 2 aliphatic rings. The van der Waals surface area contributed by atoms with Crippen LogP contribution in [0, 0.1) is 0 Å². The number of carbonyl (C=O) groups excluding carboxylic acids is 2. The second-order valence-electron chi connectivity index (χ2n) is 3.17. The van der Waals surface area contributed by atoms with Gasteiger partial charge in [-0.3, -0.25) is 9.59 Å². The summed E-state index contributed by atoms with van der Waals surface area (Å²) >= 11 is 0. The van der Waals surface area contributed by atoms with Gasteiger partial charge >= 0.3 is 0 Å². The molecule has 5 nitrogen and oxygen atoms in total. The molecule has 2 heterocycles. The molecule has 2 aliphatic heterocycles. The number of hydrogen-bond acceptors (Lipinski definition) is 4. The van der Waals surface area contributed by atoms with Crippen molar-refractivity contribution in [3.05, 3.63) is 0 Å². The fourth-order valence-corrected chi connectivity index (χ4v) is 1.63. The van der Waals surface area contributed by atoms with E-state index in [0.29, 0.717) is 39.1 Å². The van der Waals surface area contributed by atoms with Crippen LogP contribution in [0.3, 0.4) is 0 Å². The van der Waals surface area contributed by atoms with Gasteiger partial charge in [0.1, 0.15) is 0 Å². The summed E-state index contributed by atoms with van der Waals surface area (Å²) in [7, 11) is 0. The van der Waals surface area contributed by atoms with E-state index in [2.05, 4.69) is 0 Å². The van der Waals surface area contributed by atoms with E-state index in [9.17, 15) is 9.59 Å². The molecule has 0 spiro atoms. The van der Waals surface area contributed by atoms with E-state index in [0.717, 1.165) is 0 Å². The van der Waals surface area contributed by atoms with Crippen LogP contribution in [0.15, 0.2) is 0 Å². The summed E-state index contributed by atoms with van der Waals surface area (Å²) in [6.07, 6.45) is 0.715. The molecule has 0 radical (unpaired) electrons. The van der Waals surface area contributed by atoms with Crippen molar-refractivity contribution in [2.75, 3.05) is 26.3 Å². The van der Waals surface area contributed by atoms with Crippen LogP contribution in [0.25, 0.3) is 0 Å². The molecular weight excluding hydrogens is 172 g/mol. The Morgan fingerprint density at radius 2 is 1.54 bits per heavy atom. The summed E-state index contributed by atoms with van der Waals surface area (Å²) in [5, 5.41) is 3.06. The zero-order chi connectivity index (χ0) is 9.26. The van der Waals surface area contributed by atoms with Gasteiger partial charge in [0, 0.05) is 25.9 Å². The highest BCUT2D eigenvalue weighted by Gasteiger charge is 2.34. The number of hydrogen-bond donors (Lipinski definition) is 0. The lowest BCUT2D eigenvalue weighted by Crippen LogP contribution is -2.51. The molecule has 2 fully saturated rings. The summed E-state index contributed by atoms with van der Waals surface area (Å²) in [5.41, 5.74) is 0. The van der Waals surface area contributed by atoms with E-state index in [1.807, 2.05) is 0 Å². The number of ether oxygens (including phenoxy) is 1. The largest absolute Gasteiger partial charge is 0.379 e. The fourth-order valence-electron chi connectivity index (χ4n) is 1.63. The van der Waals surface area contributed by atoms with Gasteiger partial charge in [-0.15, -0.1) is 0 Å². The summed E-state index contributed by atoms with van der Waals surface area (Å²) in [6.45, 7) is 2.46. The molecule has 0 aliphatic carbocycles. The first kappa shape index (κ1) is 8.65. The van der Waals surface area contributed by atoms with Crippen molar-refractivity contribution in [1.82, 2.24) is 10.0 Å². The van der Waals surface area contributed by atoms with Crippen LogP contribution in [0.2, 0.25) is 0 Å². The van der Waals surface area contributed by atoms with Crippen LogP contribution < -0.4 is 0 Å². The fraction of sp³-hybridized carbons (Fsp3) is 0.750. The second kappa shape index (κ2) is 3.43. The molecule has 2 amide bonds. The van der Waals surface area contributed by atoms with Crippen molar-refractivity contribution in [1.29, 1.82) is 0 Å². The maximum Gasteiger partial charge on any atom is 0.244 e. The molecule has 2 rings (SSSR count). The van der Waals surface area contributed by atoms with Gasteiger partial charge < -0.3 is 4.74 Å². The zero-order valence-electron chi connectivity index (χ0n) is 7.36. The van der Waals surface area contributed by atoms with Crippen LogP contribution in [0.5, 0.6) is 0 Å².